The van der Waals surface area contributed by atoms with Gasteiger partial charge in [-0.15, -0.1) is 36.4 Å². The van der Waals surface area contributed by atoms with Gasteiger partial charge in [0.15, 0.2) is 0 Å². The zero-order valence-electron chi connectivity index (χ0n) is 60.5. The van der Waals surface area contributed by atoms with Crippen LogP contribution in [0.2, 0.25) is 39.3 Å². The van der Waals surface area contributed by atoms with Gasteiger partial charge in [0.05, 0.1) is 33.5 Å². The standard InChI is InChI=1S/2C21H21F2N2.C14H15F2NSi.C14H14F2NSi.2C2HF3O2.2CH4O.CH4.2Ir/c2*1-13(2)16-6-5-7-17(14(3)4)20(16)25-11-10-24-21(25)18-9-8-15(22)12-19(18)23;2*1-18(2,3)11-5-7-14(17-9-11)12-6-4-10(15)8-13(12)16;2*3-2(4,5)1(6)7;2*1-2;;;/h2*5-8,10-14H,1-4H3;4-9H,1-3H3;4-5,7-9H,1-3H3;2*(H,6,7);2*2H,1H3;1H4;;/q2*-1;;-1;;;;;;;. The Morgan fingerprint density at radius 3 is 0.972 bits per heavy atom. The molecule has 107 heavy (non-hydrogen) atoms. The number of rotatable bonds is 12. The van der Waals surface area contributed by atoms with Crippen LogP contribution in [0.4, 0.5) is 61.5 Å². The third kappa shape index (κ3) is 29.0. The predicted molar refractivity (Wildman–Crippen MR) is 384 cm³/mol. The fraction of sp³-hybridized carbons (Fsp3) is 0.299. The summed E-state index contributed by atoms with van der Waals surface area (Å²) < 4.78 is 175. The van der Waals surface area contributed by atoms with Crippen LogP contribution in [0.25, 0.3) is 56.7 Å². The molecule has 0 spiro atoms. The number of nitrogens with zero attached hydrogens (tertiary/aromatic N) is 6. The van der Waals surface area contributed by atoms with Gasteiger partial charge in [-0.05, 0) is 80.2 Å². The van der Waals surface area contributed by atoms with Crippen molar-refractivity contribution >= 4 is 38.5 Å². The molecule has 0 aliphatic heterocycles. The summed E-state index contributed by atoms with van der Waals surface area (Å²) in [5.41, 5.74) is 8.55. The number of carbonyl (C=O) groups excluding carboxylic acids is 2. The van der Waals surface area contributed by atoms with Crippen molar-refractivity contribution in [3.8, 4) is 56.7 Å². The van der Waals surface area contributed by atoms with Gasteiger partial charge in [-0.2, -0.15) is 26.3 Å². The van der Waals surface area contributed by atoms with E-state index in [0.717, 1.165) is 76.1 Å². The van der Waals surface area contributed by atoms with Crippen LogP contribution >= 0.6 is 0 Å². The average Bonchev–Trinajstić information content (AvgIpc) is 1.74. The molecule has 0 unspecified atom stereocenters. The van der Waals surface area contributed by atoms with Crippen molar-refractivity contribution in [2.75, 3.05) is 14.2 Å². The van der Waals surface area contributed by atoms with Gasteiger partial charge in [0.1, 0.15) is 37.8 Å². The number of carboxylic acids is 2. The van der Waals surface area contributed by atoms with Crippen molar-refractivity contribution in [2.45, 2.75) is 138 Å². The first-order chi connectivity index (χ1) is 48.4. The number of aromatic nitrogens is 6. The minimum Gasteiger partial charge on any atom is -0.542 e. The zero-order valence-corrected chi connectivity index (χ0v) is 67.3. The van der Waals surface area contributed by atoms with Gasteiger partial charge in [0.2, 0.25) is 0 Å². The van der Waals surface area contributed by atoms with E-state index < -0.39 is 87.0 Å². The molecule has 4 heterocycles. The number of benzene rings is 6. The number of alkyl halides is 6. The van der Waals surface area contributed by atoms with E-state index in [2.05, 4.69) is 169 Å². The summed E-state index contributed by atoms with van der Waals surface area (Å²) in [5.74, 6) is -9.03. The summed E-state index contributed by atoms with van der Waals surface area (Å²) in [6.45, 7) is 30.4. The number of halogens is 14. The van der Waals surface area contributed by atoms with Crippen LogP contribution in [0.5, 0.6) is 0 Å². The normalized spacial score (nSPS) is 10.9. The van der Waals surface area contributed by atoms with Gasteiger partial charge >= 0.3 is 12.4 Å². The first-order valence-corrected chi connectivity index (χ1v) is 38.8. The Bertz CT molecular complexity index is 4080. The van der Waals surface area contributed by atoms with Gasteiger partial charge in [0, 0.05) is 135 Å². The number of hydrogen-bond donors (Lipinski definition) is 0. The van der Waals surface area contributed by atoms with E-state index in [4.69, 9.17) is 30.0 Å². The van der Waals surface area contributed by atoms with Gasteiger partial charge in [-0.1, -0.05) is 192 Å². The second kappa shape index (κ2) is 44.2. The van der Waals surface area contributed by atoms with E-state index >= 15 is 0 Å². The molecule has 10 rings (SSSR count). The molecule has 0 aliphatic carbocycles. The summed E-state index contributed by atoms with van der Waals surface area (Å²) in [5, 5.41) is 31.5. The minimum absolute atomic E-state index is 0. The van der Waals surface area contributed by atoms with Crippen molar-refractivity contribution in [3.63, 3.8) is 0 Å². The molecule has 0 bridgehead atoms. The fourth-order valence-electron chi connectivity index (χ4n) is 9.47. The van der Waals surface area contributed by atoms with E-state index in [-0.39, 0.29) is 64.3 Å². The number of carboxylic acid groups (broad SMARTS) is 2. The van der Waals surface area contributed by atoms with E-state index in [1.807, 2.05) is 33.7 Å². The van der Waals surface area contributed by atoms with Gasteiger partial charge in [-0.25, -0.2) is 8.78 Å². The molecule has 0 amide bonds. The smallest absolute Gasteiger partial charge is 0.430 e. The molecule has 0 saturated carbocycles. The summed E-state index contributed by atoms with van der Waals surface area (Å²) in [6.07, 6.45) is 0.0844. The summed E-state index contributed by atoms with van der Waals surface area (Å²) in [4.78, 5) is 34.7. The van der Waals surface area contributed by atoms with Crippen LogP contribution in [-0.4, -0.2) is 93.9 Å². The van der Waals surface area contributed by atoms with Crippen molar-refractivity contribution in [2.24, 2.45) is 0 Å². The number of imidazole rings is 2. The second-order valence-corrected chi connectivity index (χ2v) is 35.8. The largest absolute Gasteiger partial charge is 0.542 e. The Morgan fingerprint density at radius 1 is 0.430 bits per heavy atom. The molecule has 12 nitrogen and oxygen atoms in total. The molecule has 586 valence electrons. The van der Waals surface area contributed by atoms with E-state index in [1.54, 1.807) is 36.9 Å². The maximum atomic E-state index is 14.3. The number of carbonyl (C=O) groups is 2. The molecule has 0 aliphatic rings. The van der Waals surface area contributed by atoms with E-state index in [1.165, 1.54) is 36.7 Å². The van der Waals surface area contributed by atoms with Crippen LogP contribution in [0.15, 0.2) is 152 Å². The molecule has 30 heteroatoms. The molecule has 0 saturated heterocycles. The monoisotopic (exact) mass is 1900 g/mol. The molecule has 6 aromatic carbocycles. The second-order valence-electron chi connectivity index (χ2n) is 25.6. The Balaban J connectivity index is 0.00000130. The summed E-state index contributed by atoms with van der Waals surface area (Å²) in [7, 11) is -0.302. The van der Waals surface area contributed by atoms with Crippen LogP contribution in [0.1, 0.15) is 109 Å². The van der Waals surface area contributed by atoms with E-state index in [9.17, 15) is 61.5 Å². The van der Waals surface area contributed by atoms with Gasteiger partial charge < -0.3 is 44.1 Å². The molecule has 4 aromatic heterocycles. The molecular weight excluding hydrogens is 1810 g/mol. The molecule has 10 aromatic rings. The van der Waals surface area contributed by atoms with Crippen molar-refractivity contribution in [3.05, 3.63) is 239 Å². The quantitative estimate of drug-likeness (QED) is 0.0500. The Kier molecular flexibility index (Phi) is 40.8. The number of para-hydroxylation sites is 2. The zero-order chi connectivity index (χ0) is 79.1. The van der Waals surface area contributed by atoms with E-state index in [0.29, 0.717) is 52.3 Å². The van der Waals surface area contributed by atoms with Crippen LogP contribution in [0.3, 0.4) is 0 Å². The maximum Gasteiger partial charge on any atom is 0.430 e. The average molecular weight is 1900 g/mol. The third-order valence-electron chi connectivity index (χ3n) is 14.7. The van der Waals surface area contributed by atoms with Crippen molar-refractivity contribution < 1.29 is 132 Å². The van der Waals surface area contributed by atoms with Crippen LogP contribution < -0.4 is 20.6 Å². The summed E-state index contributed by atoms with van der Waals surface area (Å²) >= 11 is 0. The van der Waals surface area contributed by atoms with Crippen LogP contribution in [-0.2, 0) is 49.8 Å². The van der Waals surface area contributed by atoms with Gasteiger partial charge in [0.25, 0.3) is 0 Å². The Labute approximate surface area is 643 Å². The number of aliphatic carboxylic acids is 2. The number of pyridine rings is 2. The molecule has 0 atom stereocenters. The SMILES string of the molecule is C.CC(C)c1cccc(C(C)C)c1-n1ccnc1-c1[c-]cc(F)cc1F.CC(C)c1cccc(C(C)C)c1-n1ccnc1-c1[c-]cc(F)cc1F.C[OH2+].C[OH2+].C[Si](C)(C)c1ccc(-c2[c-]cc(F)cc2F)nc1.C[Si](C)(C)c1ccc(-c2ccc(F)cc2F)nc1.O=C([O-])C(F)(F)F.O=C([O-])C(F)(F)F.[Ir].[Ir]. The fourth-order valence-corrected chi connectivity index (χ4v) is 11.5. The first-order valence-electron chi connectivity index (χ1n) is 31.8. The van der Waals surface area contributed by atoms with Gasteiger partial charge in [-0.3, -0.25) is 41.3 Å². The molecule has 2 radical (unpaired) electrons. The van der Waals surface area contributed by atoms with Crippen molar-refractivity contribution in [1.82, 2.24) is 29.1 Å². The molecule has 0 fully saturated rings. The van der Waals surface area contributed by atoms with Crippen molar-refractivity contribution in [1.29, 1.82) is 0 Å². The molecular formula is C77H85F14Ir2N6O6Si2-3. The predicted octanol–water partition coefficient (Wildman–Crippen LogP) is 16.6. The Morgan fingerprint density at radius 2 is 0.720 bits per heavy atom. The third-order valence-corrected chi connectivity index (χ3v) is 18.7. The summed E-state index contributed by atoms with van der Waals surface area (Å²) in [6, 6.07) is 37.4. The topological polar surface area (TPSA) is 187 Å². The first kappa shape index (κ1) is 98.7. The van der Waals surface area contributed by atoms with Crippen LogP contribution in [0, 0.1) is 64.7 Å². The Hall–Kier alpha value is -8.35. The maximum absolute atomic E-state index is 14.3. The number of hydrogen-bond acceptors (Lipinski definition) is 8. The minimum atomic E-state index is -5.19. The molecule has 4 N–H and O–H groups in total.